The van der Waals surface area contributed by atoms with E-state index >= 15 is 0 Å². The van der Waals surface area contributed by atoms with Gasteiger partial charge in [0.1, 0.15) is 6.54 Å². The van der Waals surface area contributed by atoms with Crippen LogP contribution in [0.4, 0.5) is 0 Å². The van der Waals surface area contributed by atoms with Gasteiger partial charge in [0, 0.05) is 18.7 Å². The Kier molecular flexibility index (Phi) is 15.5. The summed E-state index contributed by atoms with van der Waals surface area (Å²) < 4.78 is 15.7. The zero-order valence-corrected chi connectivity index (χ0v) is 21.2. The summed E-state index contributed by atoms with van der Waals surface area (Å²) in [6.07, 6.45) is 14.7. The first-order valence-corrected chi connectivity index (χ1v) is 12.8. The highest BCUT2D eigenvalue weighted by molar-refractivity contribution is 5.90. The average molecular weight is 482 g/mol. The predicted octanol–water partition coefficient (Wildman–Crippen LogP) is 5.62. The van der Waals surface area contributed by atoms with Crippen LogP contribution in [0.1, 0.15) is 107 Å². The second-order valence-corrected chi connectivity index (χ2v) is 8.69. The van der Waals surface area contributed by atoms with Gasteiger partial charge in [-0.1, -0.05) is 77.6 Å². The number of unbranched alkanes of at least 4 members (excludes halogenated alkanes) is 11. The summed E-state index contributed by atoms with van der Waals surface area (Å²) in [5.74, 6) is -2.42. The third-order valence-corrected chi connectivity index (χ3v) is 5.66. The largest absolute Gasteiger partial charge is 0.475 e. The number of carboxylic acids is 1. The van der Waals surface area contributed by atoms with Gasteiger partial charge in [0.15, 0.2) is 0 Å². The summed E-state index contributed by atoms with van der Waals surface area (Å²) in [5, 5.41) is 9.38. The van der Waals surface area contributed by atoms with Crippen LogP contribution in [0.5, 0.6) is 5.95 Å². The Balaban J connectivity index is 2.29. The molecule has 0 atom stereocenters. The lowest BCUT2D eigenvalue weighted by molar-refractivity contribution is -0.147. The number of carboxylic acid groups (broad SMARTS) is 1. The van der Waals surface area contributed by atoms with Crippen LogP contribution in [-0.2, 0) is 20.7 Å². The predicted molar refractivity (Wildman–Crippen MR) is 130 cm³/mol. The highest BCUT2D eigenvalue weighted by atomic mass is 16.6. The van der Waals surface area contributed by atoms with Crippen LogP contribution in [0.2, 0.25) is 0 Å². The van der Waals surface area contributed by atoms with E-state index in [0.717, 1.165) is 19.3 Å². The molecular formula is C26H43NO7. The lowest BCUT2D eigenvalue weighted by Gasteiger charge is -2.15. The first kappa shape index (κ1) is 29.5. The van der Waals surface area contributed by atoms with Crippen molar-refractivity contribution in [2.75, 3.05) is 26.8 Å². The lowest BCUT2D eigenvalue weighted by Crippen LogP contribution is -2.34. The normalized spacial score (nSPS) is 10.8. The van der Waals surface area contributed by atoms with E-state index < -0.39 is 17.8 Å². The van der Waals surface area contributed by atoms with Gasteiger partial charge in [-0.25, -0.2) is 4.79 Å². The standard InChI is InChI=1S/C26H43NO7/c1-4-6-7-8-9-10-11-12-13-14-15-16-17-33-24-19-21(25(34-24)26(30)31)18-22(28)27(3)20-23(29)32-5-2/h19H,4-18,20H2,1-3H3,(H,30,31). The van der Waals surface area contributed by atoms with Crippen molar-refractivity contribution < 1.29 is 33.4 Å². The monoisotopic (exact) mass is 481 g/mol. The average Bonchev–Trinajstić information content (AvgIpc) is 3.19. The maximum absolute atomic E-state index is 12.4. The molecule has 1 heterocycles. The highest BCUT2D eigenvalue weighted by Crippen LogP contribution is 2.24. The third-order valence-electron chi connectivity index (χ3n) is 5.66. The van der Waals surface area contributed by atoms with Gasteiger partial charge in [-0.3, -0.25) is 9.59 Å². The number of esters is 1. The molecule has 1 amide bonds. The number of furan rings is 1. The van der Waals surface area contributed by atoms with E-state index in [0.29, 0.717) is 6.61 Å². The highest BCUT2D eigenvalue weighted by Gasteiger charge is 2.23. The van der Waals surface area contributed by atoms with Gasteiger partial charge in [-0.15, -0.1) is 0 Å². The number of carbonyl (C=O) groups is 3. The molecular weight excluding hydrogens is 438 g/mol. The van der Waals surface area contributed by atoms with Crippen molar-refractivity contribution >= 4 is 17.8 Å². The number of rotatable bonds is 20. The fraction of sp³-hybridized carbons (Fsp3) is 0.731. The second kappa shape index (κ2) is 17.9. The van der Waals surface area contributed by atoms with Gasteiger partial charge in [0.2, 0.25) is 11.7 Å². The van der Waals surface area contributed by atoms with E-state index in [-0.39, 0.29) is 36.8 Å². The van der Waals surface area contributed by atoms with Gasteiger partial charge in [-0.2, -0.15) is 0 Å². The third kappa shape index (κ3) is 12.7. The molecule has 0 aliphatic rings. The Morgan fingerprint density at radius 1 is 0.912 bits per heavy atom. The lowest BCUT2D eigenvalue weighted by atomic mass is 10.1. The van der Waals surface area contributed by atoms with Gasteiger partial charge < -0.3 is 23.9 Å². The van der Waals surface area contributed by atoms with Crippen molar-refractivity contribution in [1.82, 2.24) is 4.90 Å². The molecule has 194 valence electrons. The fourth-order valence-electron chi connectivity index (χ4n) is 3.69. The molecule has 1 N–H and O–H groups in total. The number of carbonyl (C=O) groups excluding carboxylic acids is 2. The zero-order chi connectivity index (χ0) is 25.2. The van der Waals surface area contributed by atoms with Crippen molar-refractivity contribution in [1.29, 1.82) is 0 Å². The Morgan fingerprint density at radius 3 is 2.00 bits per heavy atom. The maximum atomic E-state index is 12.4. The molecule has 0 aromatic carbocycles. The van der Waals surface area contributed by atoms with Crippen LogP contribution in [-0.4, -0.2) is 54.7 Å². The quantitative estimate of drug-likeness (QED) is 0.190. The Bertz CT molecular complexity index is 729. The van der Waals surface area contributed by atoms with Gasteiger partial charge in [-0.05, 0) is 13.3 Å². The van der Waals surface area contributed by atoms with Crippen LogP contribution in [0.3, 0.4) is 0 Å². The molecule has 8 heteroatoms. The molecule has 1 aromatic rings. The van der Waals surface area contributed by atoms with Crippen LogP contribution in [0, 0.1) is 0 Å². The summed E-state index contributed by atoms with van der Waals surface area (Å²) in [4.78, 5) is 36.6. The van der Waals surface area contributed by atoms with Crippen LogP contribution in [0.15, 0.2) is 10.5 Å². The Hall–Kier alpha value is -2.51. The zero-order valence-electron chi connectivity index (χ0n) is 21.2. The number of ether oxygens (including phenoxy) is 2. The van der Waals surface area contributed by atoms with Crippen LogP contribution >= 0.6 is 0 Å². The molecule has 1 aromatic heterocycles. The first-order valence-electron chi connectivity index (χ1n) is 12.8. The number of amides is 1. The van der Waals surface area contributed by atoms with Gasteiger partial charge >= 0.3 is 11.9 Å². The summed E-state index contributed by atoms with van der Waals surface area (Å²) in [7, 11) is 1.46. The van der Waals surface area contributed by atoms with Crippen molar-refractivity contribution in [3.63, 3.8) is 0 Å². The molecule has 0 aliphatic heterocycles. The molecule has 0 saturated heterocycles. The van der Waals surface area contributed by atoms with Gasteiger partial charge in [0.25, 0.3) is 5.95 Å². The number of hydrogen-bond donors (Lipinski definition) is 1. The number of nitrogens with zero attached hydrogens (tertiary/aromatic N) is 1. The summed E-state index contributed by atoms with van der Waals surface area (Å²) in [5.41, 5.74) is 0.220. The molecule has 34 heavy (non-hydrogen) atoms. The van der Waals surface area contributed by atoms with E-state index in [1.54, 1.807) is 6.92 Å². The fourth-order valence-corrected chi connectivity index (χ4v) is 3.69. The van der Waals surface area contributed by atoms with Crippen LogP contribution < -0.4 is 4.74 Å². The minimum Gasteiger partial charge on any atom is -0.475 e. The van der Waals surface area contributed by atoms with E-state index in [1.165, 1.54) is 75.8 Å². The van der Waals surface area contributed by atoms with Crippen LogP contribution in [0.25, 0.3) is 0 Å². The Morgan fingerprint density at radius 2 is 1.47 bits per heavy atom. The molecule has 0 unspecified atom stereocenters. The topological polar surface area (TPSA) is 106 Å². The molecule has 0 bridgehead atoms. The maximum Gasteiger partial charge on any atom is 0.372 e. The molecule has 0 aliphatic carbocycles. The van der Waals surface area contributed by atoms with Crippen molar-refractivity contribution in [3.05, 3.63) is 17.4 Å². The first-order chi connectivity index (χ1) is 16.4. The molecule has 0 radical (unpaired) electrons. The van der Waals surface area contributed by atoms with E-state index in [9.17, 15) is 19.5 Å². The molecule has 1 rings (SSSR count). The number of likely N-dealkylation sites (N-methyl/N-ethyl adjacent to an activating group) is 1. The summed E-state index contributed by atoms with van der Waals surface area (Å²) >= 11 is 0. The smallest absolute Gasteiger partial charge is 0.372 e. The molecule has 0 saturated carbocycles. The minimum absolute atomic E-state index is 0.0938. The molecule has 0 fully saturated rings. The summed E-state index contributed by atoms with van der Waals surface area (Å²) in [6.45, 7) is 4.38. The van der Waals surface area contributed by atoms with E-state index in [1.807, 2.05) is 0 Å². The minimum atomic E-state index is -1.27. The molecule has 0 spiro atoms. The summed E-state index contributed by atoms with van der Waals surface area (Å²) in [6, 6.07) is 1.44. The number of hydrogen-bond acceptors (Lipinski definition) is 6. The molecule has 8 nitrogen and oxygen atoms in total. The van der Waals surface area contributed by atoms with Crippen molar-refractivity contribution in [2.24, 2.45) is 0 Å². The Labute approximate surface area is 204 Å². The second-order valence-electron chi connectivity index (χ2n) is 8.69. The van der Waals surface area contributed by atoms with Crippen molar-refractivity contribution in [3.8, 4) is 5.95 Å². The van der Waals surface area contributed by atoms with E-state index in [4.69, 9.17) is 13.9 Å². The van der Waals surface area contributed by atoms with Gasteiger partial charge in [0.05, 0.1) is 19.6 Å². The van der Waals surface area contributed by atoms with E-state index in [2.05, 4.69) is 6.92 Å². The SMILES string of the molecule is CCCCCCCCCCCCCCOc1cc(CC(=O)N(C)CC(=O)OCC)c(C(=O)O)o1. The number of aromatic carboxylic acids is 1. The van der Waals surface area contributed by atoms with Crippen molar-refractivity contribution in [2.45, 2.75) is 97.3 Å².